The van der Waals surface area contributed by atoms with Gasteiger partial charge in [0, 0.05) is 21.5 Å². The van der Waals surface area contributed by atoms with Crippen LogP contribution in [0.2, 0.25) is 0 Å². The third-order valence-electron chi connectivity index (χ3n) is 4.49. The Bertz CT molecular complexity index is 1230. The summed E-state index contributed by atoms with van der Waals surface area (Å²) >= 11 is 6.16. The number of hydrogen-bond acceptors (Lipinski definition) is 6. The van der Waals surface area contributed by atoms with Crippen molar-refractivity contribution in [1.29, 1.82) is 0 Å². The SMILES string of the molecule is O=C(NSc1ccc2nc(NCCc3ccc(Br)cc3)sc2c1)NC(=O)c1ccccc1. The zero-order chi connectivity index (χ0) is 22.3. The quantitative estimate of drug-likeness (QED) is 0.262. The van der Waals surface area contributed by atoms with Crippen LogP contribution in [-0.4, -0.2) is 23.5 Å². The van der Waals surface area contributed by atoms with E-state index in [1.165, 1.54) is 5.56 Å². The molecule has 0 unspecified atom stereocenters. The van der Waals surface area contributed by atoms with E-state index in [1.54, 1.807) is 35.6 Å². The lowest BCUT2D eigenvalue weighted by Crippen LogP contribution is -2.36. The van der Waals surface area contributed by atoms with Gasteiger partial charge in [0.15, 0.2) is 5.13 Å². The molecule has 3 aromatic carbocycles. The van der Waals surface area contributed by atoms with Gasteiger partial charge in [-0.15, -0.1) is 0 Å². The number of urea groups is 1. The van der Waals surface area contributed by atoms with Crippen molar-refractivity contribution in [3.63, 3.8) is 0 Å². The summed E-state index contributed by atoms with van der Waals surface area (Å²) < 4.78 is 4.73. The Balaban J connectivity index is 1.29. The van der Waals surface area contributed by atoms with Crippen molar-refractivity contribution in [2.24, 2.45) is 0 Å². The number of nitrogens with one attached hydrogen (secondary N) is 3. The number of carbonyl (C=O) groups is 2. The molecule has 1 aromatic heterocycles. The summed E-state index contributed by atoms with van der Waals surface area (Å²) in [7, 11) is 0. The number of rotatable bonds is 7. The fourth-order valence-electron chi connectivity index (χ4n) is 2.90. The number of aromatic nitrogens is 1. The summed E-state index contributed by atoms with van der Waals surface area (Å²) in [6.45, 7) is 0.792. The normalized spacial score (nSPS) is 10.7. The van der Waals surface area contributed by atoms with Crippen LogP contribution in [0.25, 0.3) is 10.2 Å². The minimum absolute atomic E-state index is 0.430. The number of halogens is 1. The lowest BCUT2D eigenvalue weighted by molar-refractivity contribution is 0.0965. The van der Waals surface area contributed by atoms with Gasteiger partial charge in [0.25, 0.3) is 5.91 Å². The monoisotopic (exact) mass is 526 g/mol. The van der Waals surface area contributed by atoms with Gasteiger partial charge < -0.3 is 5.32 Å². The summed E-state index contributed by atoms with van der Waals surface area (Å²) in [5.41, 5.74) is 2.59. The highest BCUT2D eigenvalue weighted by atomic mass is 79.9. The van der Waals surface area contributed by atoms with Gasteiger partial charge in [-0.05, 0) is 66.4 Å². The number of amides is 3. The van der Waals surface area contributed by atoms with Crippen LogP contribution in [0.15, 0.2) is 82.2 Å². The number of hydrogen-bond donors (Lipinski definition) is 3. The van der Waals surface area contributed by atoms with E-state index >= 15 is 0 Å². The number of thiazole rings is 1. The minimum Gasteiger partial charge on any atom is -0.361 e. The fraction of sp³-hybridized carbons (Fsp3) is 0.0870. The average molecular weight is 527 g/mol. The number of nitrogens with zero attached hydrogens (tertiary/aromatic N) is 1. The van der Waals surface area contributed by atoms with Crippen molar-refractivity contribution in [2.45, 2.75) is 11.3 Å². The molecule has 4 rings (SSSR count). The maximum Gasteiger partial charge on any atom is 0.331 e. The largest absolute Gasteiger partial charge is 0.361 e. The second-order valence-electron chi connectivity index (χ2n) is 6.81. The highest BCUT2D eigenvalue weighted by Crippen LogP contribution is 2.29. The third kappa shape index (κ3) is 6.09. The second-order valence-corrected chi connectivity index (χ2v) is 9.63. The van der Waals surface area contributed by atoms with Crippen LogP contribution < -0.4 is 15.4 Å². The van der Waals surface area contributed by atoms with E-state index in [0.29, 0.717) is 5.56 Å². The van der Waals surface area contributed by atoms with Crippen LogP contribution in [0.3, 0.4) is 0 Å². The van der Waals surface area contributed by atoms with Crippen LogP contribution in [-0.2, 0) is 6.42 Å². The van der Waals surface area contributed by atoms with Crippen molar-refractivity contribution < 1.29 is 9.59 Å². The van der Waals surface area contributed by atoms with E-state index in [2.05, 4.69) is 48.4 Å². The molecule has 0 saturated heterocycles. The smallest absolute Gasteiger partial charge is 0.331 e. The summed E-state index contributed by atoms with van der Waals surface area (Å²) in [5.74, 6) is -0.444. The number of anilines is 1. The van der Waals surface area contributed by atoms with Crippen LogP contribution in [0.1, 0.15) is 15.9 Å². The molecule has 0 spiro atoms. The van der Waals surface area contributed by atoms with Gasteiger partial charge in [0.05, 0.1) is 10.2 Å². The first-order valence-electron chi connectivity index (χ1n) is 9.79. The van der Waals surface area contributed by atoms with E-state index in [-0.39, 0.29) is 0 Å². The van der Waals surface area contributed by atoms with Gasteiger partial charge in [-0.2, -0.15) is 0 Å². The molecule has 6 nitrogen and oxygen atoms in total. The molecule has 0 radical (unpaired) electrons. The van der Waals surface area contributed by atoms with E-state index in [0.717, 1.165) is 49.6 Å². The average Bonchev–Trinajstić information content (AvgIpc) is 3.21. The van der Waals surface area contributed by atoms with Crippen molar-refractivity contribution in [3.05, 3.63) is 88.4 Å². The molecular weight excluding hydrogens is 508 g/mol. The Morgan fingerprint density at radius 3 is 2.56 bits per heavy atom. The first kappa shape index (κ1) is 22.3. The van der Waals surface area contributed by atoms with E-state index < -0.39 is 11.9 Å². The Morgan fingerprint density at radius 2 is 1.78 bits per heavy atom. The molecular formula is C23H19BrN4O2S2. The van der Waals surface area contributed by atoms with Crippen molar-refractivity contribution in [2.75, 3.05) is 11.9 Å². The topological polar surface area (TPSA) is 83.1 Å². The van der Waals surface area contributed by atoms with Crippen LogP contribution in [0, 0.1) is 0 Å². The molecule has 3 N–H and O–H groups in total. The van der Waals surface area contributed by atoms with Gasteiger partial charge >= 0.3 is 6.03 Å². The molecule has 0 aliphatic heterocycles. The number of benzene rings is 3. The molecule has 0 aliphatic carbocycles. The predicted octanol–water partition coefficient (Wildman–Crippen LogP) is 5.86. The summed E-state index contributed by atoms with van der Waals surface area (Å²) in [4.78, 5) is 29.5. The third-order valence-corrected chi connectivity index (χ3v) is 6.77. The summed E-state index contributed by atoms with van der Waals surface area (Å²) in [5, 5.41) is 6.55. The Labute approximate surface area is 202 Å². The number of fused-ring (bicyclic) bond motifs is 1. The highest BCUT2D eigenvalue weighted by molar-refractivity contribution is 9.10. The summed E-state index contributed by atoms with van der Waals surface area (Å²) in [6, 6.07) is 22.1. The van der Waals surface area contributed by atoms with Crippen molar-refractivity contribution >= 4 is 66.5 Å². The lowest BCUT2D eigenvalue weighted by Gasteiger charge is -2.06. The zero-order valence-electron chi connectivity index (χ0n) is 16.8. The van der Waals surface area contributed by atoms with Gasteiger partial charge in [0.1, 0.15) is 0 Å². The molecule has 162 valence electrons. The van der Waals surface area contributed by atoms with Crippen LogP contribution >= 0.6 is 39.2 Å². The molecule has 0 atom stereocenters. The first-order chi connectivity index (χ1) is 15.6. The Hall–Kier alpha value is -2.88. The first-order valence-corrected chi connectivity index (χ1v) is 12.2. The minimum atomic E-state index is -0.566. The van der Waals surface area contributed by atoms with Crippen molar-refractivity contribution in [3.8, 4) is 0 Å². The highest BCUT2D eigenvalue weighted by Gasteiger charge is 2.10. The number of carbonyl (C=O) groups excluding carboxylic acids is 2. The van der Waals surface area contributed by atoms with E-state index in [4.69, 9.17) is 0 Å². The van der Waals surface area contributed by atoms with Gasteiger partial charge in [-0.25, -0.2) is 9.78 Å². The van der Waals surface area contributed by atoms with Gasteiger partial charge in [-0.3, -0.25) is 14.8 Å². The molecule has 9 heteroatoms. The Morgan fingerprint density at radius 1 is 1.00 bits per heavy atom. The van der Waals surface area contributed by atoms with Crippen molar-refractivity contribution in [1.82, 2.24) is 15.0 Å². The molecule has 0 saturated carbocycles. The molecule has 0 bridgehead atoms. The van der Waals surface area contributed by atoms with Gasteiger partial charge in [0.2, 0.25) is 0 Å². The summed E-state index contributed by atoms with van der Waals surface area (Å²) in [6.07, 6.45) is 0.908. The maximum absolute atomic E-state index is 12.0. The number of imide groups is 1. The predicted molar refractivity (Wildman–Crippen MR) is 134 cm³/mol. The molecule has 32 heavy (non-hydrogen) atoms. The zero-order valence-corrected chi connectivity index (χ0v) is 20.0. The Kier molecular flexibility index (Phi) is 7.41. The fourth-order valence-corrected chi connectivity index (χ4v) is 4.75. The molecule has 4 aromatic rings. The molecule has 0 aliphatic rings. The van der Waals surface area contributed by atoms with E-state index in [9.17, 15) is 9.59 Å². The maximum atomic E-state index is 12.0. The second kappa shape index (κ2) is 10.6. The standard InChI is InChI=1S/C23H19BrN4O2S2/c24-17-8-6-15(7-9-17)12-13-25-23-26-19-11-10-18(14-20(19)31-23)32-28-22(30)27-21(29)16-4-2-1-3-5-16/h1-11,14H,12-13H2,(H,25,26)(H2,27,28,29,30). The molecule has 1 heterocycles. The van der Waals surface area contributed by atoms with E-state index in [1.807, 2.05) is 36.4 Å². The van der Waals surface area contributed by atoms with Gasteiger partial charge in [-0.1, -0.05) is 57.6 Å². The van der Waals surface area contributed by atoms with Crippen LogP contribution in [0.5, 0.6) is 0 Å². The lowest BCUT2D eigenvalue weighted by atomic mass is 10.1. The molecule has 0 fully saturated rings. The molecule has 3 amide bonds. The van der Waals surface area contributed by atoms with Crippen LogP contribution in [0.4, 0.5) is 9.93 Å².